The Morgan fingerprint density at radius 3 is 2.59 bits per heavy atom. The number of hydrogen-bond acceptors (Lipinski definition) is 5. The highest BCUT2D eigenvalue weighted by Gasteiger charge is 2.25. The minimum atomic E-state index is -1.11. The second kappa shape index (κ2) is 9.48. The molecule has 0 bridgehead atoms. The summed E-state index contributed by atoms with van der Waals surface area (Å²) in [7, 11) is 0. The fraction of sp³-hybridized carbons (Fsp3) is 0.208. The summed E-state index contributed by atoms with van der Waals surface area (Å²) in [6, 6.07) is 15.1. The van der Waals surface area contributed by atoms with Gasteiger partial charge < -0.3 is 5.11 Å². The molecule has 174 valence electrons. The third-order valence-corrected chi connectivity index (χ3v) is 5.98. The maximum absolute atomic E-state index is 13.5. The number of H-pyrrole nitrogens is 1. The number of rotatable bonds is 6. The van der Waals surface area contributed by atoms with Crippen LogP contribution in [0.3, 0.4) is 0 Å². The Morgan fingerprint density at radius 1 is 1.15 bits per heavy atom. The maximum atomic E-state index is 13.5. The van der Waals surface area contributed by atoms with Gasteiger partial charge in [-0.1, -0.05) is 29.8 Å². The summed E-state index contributed by atoms with van der Waals surface area (Å²) < 4.78 is 2.22. The van der Waals surface area contributed by atoms with E-state index in [-0.39, 0.29) is 12.2 Å². The molecule has 0 spiro atoms. The minimum absolute atomic E-state index is 0.0413. The van der Waals surface area contributed by atoms with Crippen molar-refractivity contribution in [3.63, 3.8) is 0 Å². The molecule has 0 amide bonds. The molecule has 2 atom stereocenters. The van der Waals surface area contributed by atoms with Crippen molar-refractivity contribution in [1.29, 1.82) is 0 Å². The normalized spacial score (nSPS) is 13.7. The Labute approximate surface area is 198 Å². The Morgan fingerprint density at radius 2 is 1.88 bits per heavy atom. The lowest BCUT2D eigenvalue weighted by Gasteiger charge is -2.19. The van der Waals surface area contributed by atoms with Crippen molar-refractivity contribution in [2.24, 2.45) is 10.9 Å². The lowest BCUT2D eigenvalue weighted by atomic mass is 10.0. The summed E-state index contributed by atoms with van der Waals surface area (Å²) in [6.45, 7) is 3.06. The summed E-state index contributed by atoms with van der Waals surface area (Å²) >= 11 is 5.98. The van der Waals surface area contributed by atoms with E-state index >= 15 is 0 Å². The van der Waals surface area contributed by atoms with Crippen molar-refractivity contribution in [3.8, 4) is 0 Å². The van der Waals surface area contributed by atoms with E-state index in [0.717, 1.165) is 21.0 Å². The standard InChI is InChI=1S/C24H22ClN5O4/c1-14(21(31)32)15(2)30-23(33)28-22(27-19-9-10-20-17(12-19)4-3-11-26-20)29(24(30)34)13-16-5-7-18(25)8-6-16/h3-12,14-15H,13H2,1-2H3,(H,31,32)(H,27,28,33)/t14-,15+/m1/s1. The van der Waals surface area contributed by atoms with Crippen LogP contribution in [0.5, 0.6) is 0 Å². The van der Waals surface area contributed by atoms with Gasteiger partial charge in [0.15, 0.2) is 0 Å². The average molecular weight is 480 g/mol. The highest BCUT2D eigenvalue weighted by Crippen LogP contribution is 2.19. The number of nitrogens with zero attached hydrogens (tertiary/aromatic N) is 4. The molecule has 0 aliphatic heterocycles. The second-order valence-corrected chi connectivity index (χ2v) is 8.42. The van der Waals surface area contributed by atoms with Gasteiger partial charge in [-0.3, -0.25) is 19.3 Å². The van der Waals surface area contributed by atoms with E-state index in [1.807, 2.05) is 6.07 Å². The largest absolute Gasteiger partial charge is 0.481 e. The summed E-state index contributed by atoms with van der Waals surface area (Å²) in [5.41, 5.74) is 0.698. The van der Waals surface area contributed by atoms with Gasteiger partial charge >= 0.3 is 17.3 Å². The zero-order valence-corrected chi connectivity index (χ0v) is 19.2. The fourth-order valence-electron chi connectivity index (χ4n) is 3.58. The Balaban J connectivity index is 1.93. The van der Waals surface area contributed by atoms with Gasteiger partial charge in [0.05, 0.1) is 29.7 Å². The van der Waals surface area contributed by atoms with Crippen LogP contribution in [0.15, 0.2) is 75.4 Å². The van der Waals surface area contributed by atoms with Crippen LogP contribution >= 0.6 is 11.6 Å². The van der Waals surface area contributed by atoms with Crippen LogP contribution in [-0.2, 0) is 11.3 Å². The van der Waals surface area contributed by atoms with Crippen LogP contribution in [-0.4, -0.2) is 30.2 Å². The number of nitrogens with one attached hydrogen (secondary N) is 1. The van der Waals surface area contributed by atoms with E-state index in [2.05, 4.69) is 15.0 Å². The molecule has 4 aromatic rings. The van der Waals surface area contributed by atoms with Gasteiger partial charge in [-0.2, -0.15) is 0 Å². The smallest absolute Gasteiger partial charge is 0.335 e. The number of hydrogen-bond donors (Lipinski definition) is 2. The van der Waals surface area contributed by atoms with Crippen molar-refractivity contribution in [1.82, 2.24) is 19.1 Å². The van der Waals surface area contributed by atoms with E-state index in [1.54, 1.807) is 54.7 Å². The first-order chi connectivity index (χ1) is 16.2. The third kappa shape index (κ3) is 4.69. The summed E-state index contributed by atoms with van der Waals surface area (Å²) in [6.07, 6.45) is 1.69. The Kier molecular flexibility index (Phi) is 6.47. The monoisotopic (exact) mass is 479 g/mol. The molecule has 9 nitrogen and oxygen atoms in total. The van der Waals surface area contributed by atoms with Crippen LogP contribution in [0, 0.1) is 5.92 Å². The molecular formula is C24H22ClN5O4. The van der Waals surface area contributed by atoms with Crippen molar-refractivity contribution in [2.75, 3.05) is 0 Å². The van der Waals surface area contributed by atoms with E-state index in [4.69, 9.17) is 11.6 Å². The Hall–Kier alpha value is -3.98. The predicted octanol–water partition coefficient (Wildman–Crippen LogP) is 3.10. The number of benzene rings is 2. The van der Waals surface area contributed by atoms with Crippen molar-refractivity contribution < 1.29 is 9.90 Å². The molecule has 2 N–H and O–H groups in total. The van der Waals surface area contributed by atoms with E-state index in [9.17, 15) is 19.5 Å². The van der Waals surface area contributed by atoms with Crippen LogP contribution in [0.25, 0.3) is 10.9 Å². The van der Waals surface area contributed by atoms with Gasteiger partial charge in [-0.25, -0.2) is 19.1 Å². The topological polar surface area (TPSA) is 122 Å². The second-order valence-electron chi connectivity index (χ2n) is 7.98. The van der Waals surface area contributed by atoms with Gasteiger partial charge in [0, 0.05) is 16.6 Å². The zero-order chi connectivity index (χ0) is 24.4. The van der Waals surface area contributed by atoms with Gasteiger partial charge in [-0.05, 0) is 55.8 Å². The zero-order valence-electron chi connectivity index (χ0n) is 18.5. The van der Waals surface area contributed by atoms with Crippen molar-refractivity contribution >= 4 is 34.2 Å². The number of aromatic nitrogens is 4. The number of carboxylic acid groups (broad SMARTS) is 1. The molecule has 0 aliphatic rings. The van der Waals surface area contributed by atoms with Gasteiger partial charge in [0.2, 0.25) is 5.62 Å². The number of aliphatic carboxylic acids is 1. The number of pyridine rings is 1. The number of aromatic amines is 1. The molecule has 2 heterocycles. The van der Waals surface area contributed by atoms with Gasteiger partial charge in [-0.15, -0.1) is 0 Å². The van der Waals surface area contributed by atoms with Crippen LogP contribution in [0.2, 0.25) is 5.02 Å². The van der Waals surface area contributed by atoms with Gasteiger partial charge in [0.25, 0.3) is 0 Å². The lowest BCUT2D eigenvalue weighted by molar-refractivity contribution is -0.142. The first-order valence-corrected chi connectivity index (χ1v) is 10.9. The number of fused-ring (bicyclic) bond motifs is 1. The molecule has 0 unspecified atom stereocenters. The van der Waals surface area contributed by atoms with Crippen LogP contribution in [0.1, 0.15) is 25.5 Å². The van der Waals surface area contributed by atoms with E-state index in [0.29, 0.717) is 10.7 Å². The molecule has 2 aromatic heterocycles. The maximum Gasteiger partial charge on any atom is 0.335 e. The van der Waals surface area contributed by atoms with E-state index < -0.39 is 29.3 Å². The molecule has 0 saturated heterocycles. The highest BCUT2D eigenvalue weighted by molar-refractivity contribution is 6.30. The predicted molar refractivity (Wildman–Crippen MR) is 128 cm³/mol. The summed E-state index contributed by atoms with van der Waals surface area (Å²) in [5.74, 6) is -2.07. The molecule has 34 heavy (non-hydrogen) atoms. The van der Waals surface area contributed by atoms with E-state index in [1.165, 1.54) is 18.4 Å². The minimum Gasteiger partial charge on any atom is -0.481 e. The van der Waals surface area contributed by atoms with Gasteiger partial charge in [0.1, 0.15) is 0 Å². The summed E-state index contributed by atoms with van der Waals surface area (Å²) in [5, 5.41) is 10.8. The molecule has 2 aromatic carbocycles. The first kappa shape index (κ1) is 23.2. The van der Waals surface area contributed by atoms with Crippen LogP contribution < -0.4 is 17.0 Å². The molecule has 0 aliphatic carbocycles. The molecule has 10 heteroatoms. The average Bonchev–Trinajstić information content (AvgIpc) is 2.82. The molecule has 4 rings (SSSR count). The molecule has 0 saturated carbocycles. The van der Waals surface area contributed by atoms with Crippen molar-refractivity contribution in [3.05, 3.63) is 98.0 Å². The van der Waals surface area contributed by atoms with Crippen molar-refractivity contribution in [2.45, 2.75) is 26.4 Å². The number of carboxylic acids is 1. The summed E-state index contributed by atoms with van der Waals surface area (Å²) in [4.78, 5) is 49.3. The lowest BCUT2D eigenvalue weighted by Crippen LogP contribution is -2.52. The highest BCUT2D eigenvalue weighted by atomic mass is 35.5. The third-order valence-electron chi connectivity index (χ3n) is 5.73. The molecule has 0 fully saturated rings. The van der Waals surface area contributed by atoms with Crippen LogP contribution in [0.4, 0.5) is 5.69 Å². The fourth-order valence-corrected chi connectivity index (χ4v) is 3.70. The molecular weight excluding hydrogens is 458 g/mol. The molecule has 0 radical (unpaired) electrons. The first-order valence-electron chi connectivity index (χ1n) is 10.6. The number of carbonyl (C=O) groups is 1. The number of halogens is 1. The quantitative estimate of drug-likeness (QED) is 0.440. The SMILES string of the molecule is C[C@@H](C(=O)O)[C@H](C)n1c(=O)[nH]/c(=N\c2ccc3ncccc3c2)n(Cc2ccc(Cl)cc2)c1=O. The Bertz CT molecular complexity index is 1550.